The SMILES string of the molecule is CCOC(=O)c1oc(CP(=O)(OCC)OCC)cc1CC(C(=O)OCC)C(=O)OCC. The smallest absolute Gasteiger partial charge is 0.374 e. The van der Waals surface area contributed by atoms with Crippen molar-refractivity contribution in [3.8, 4) is 0 Å². The average molecular weight is 462 g/mol. The summed E-state index contributed by atoms with van der Waals surface area (Å²) in [6, 6.07) is 1.43. The van der Waals surface area contributed by atoms with Crippen molar-refractivity contribution in [3.63, 3.8) is 0 Å². The molecule has 0 spiro atoms. The van der Waals surface area contributed by atoms with E-state index in [0.29, 0.717) is 0 Å². The molecule has 0 N–H and O–H groups in total. The van der Waals surface area contributed by atoms with Gasteiger partial charge in [0, 0.05) is 12.0 Å². The molecule has 0 aliphatic heterocycles. The largest absolute Gasteiger partial charge is 0.465 e. The fourth-order valence-corrected chi connectivity index (χ4v) is 4.35. The summed E-state index contributed by atoms with van der Waals surface area (Å²) in [7, 11) is -3.52. The predicted molar refractivity (Wildman–Crippen MR) is 110 cm³/mol. The lowest BCUT2D eigenvalue weighted by molar-refractivity contribution is -0.161. The maximum absolute atomic E-state index is 12.8. The van der Waals surface area contributed by atoms with E-state index in [0.717, 1.165) is 0 Å². The lowest BCUT2D eigenvalue weighted by atomic mass is 9.99. The molecule has 0 saturated heterocycles. The molecule has 0 aliphatic rings. The molecule has 0 aromatic carbocycles. The van der Waals surface area contributed by atoms with Crippen LogP contribution in [-0.2, 0) is 50.0 Å². The molecule has 11 heteroatoms. The van der Waals surface area contributed by atoms with Crippen molar-refractivity contribution >= 4 is 25.5 Å². The molecule has 0 saturated carbocycles. The minimum atomic E-state index is -3.52. The van der Waals surface area contributed by atoms with Gasteiger partial charge in [-0.1, -0.05) is 0 Å². The highest BCUT2D eigenvalue weighted by Gasteiger charge is 2.34. The van der Waals surface area contributed by atoms with Crippen LogP contribution in [-0.4, -0.2) is 50.9 Å². The van der Waals surface area contributed by atoms with E-state index in [4.69, 9.17) is 27.7 Å². The van der Waals surface area contributed by atoms with Gasteiger partial charge in [0.25, 0.3) is 0 Å². The van der Waals surface area contributed by atoms with Crippen molar-refractivity contribution < 1.29 is 46.6 Å². The van der Waals surface area contributed by atoms with E-state index >= 15 is 0 Å². The zero-order valence-electron chi connectivity index (χ0n) is 18.6. The second kappa shape index (κ2) is 13.3. The topological polar surface area (TPSA) is 128 Å². The molecule has 0 radical (unpaired) electrons. The van der Waals surface area contributed by atoms with Gasteiger partial charge < -0.3 is 27.7 Å². The molecule has 0 aliphatic carbocycles. The zero-order valence-corrected chi connectivity index (χ0v) is 19.5. The van der Waals surface area contributed by atoms with Gasteiger partial charge in [0.05, 0.1) is 33.0 Å². The highest BCUT2D eigenvalue weighted by molar-refractivity contribution is 7.53. The lowest BCUT2D eigenvalue weighted by Crippen LogP contribution is -2.30. The Labute approximate surface area is 182 Å². The van der Waals surface area contributed by atoms with E-state index in [9.17, 15) is 18.9 Å². The lowest BCUT2D eigenvalue weighted by Gasteiger charge is -2.15. The molecule has 31 heavy (non-hydrogen) atoms. The van der Waals surface area contributed by atoms with E-state index in [2.05, 4.69) is 0 Å². The Morgan fingerprint density at radius 3 is 1.84 bits per heavy atom. The maximum Gasteiger partial charge on any atom is 0.374 e. The number of carbonyl (C=O) groups is 3. The molecule has 0 atom stereocenters. The van der Waals surface area contributed by atoms with Crippen LogP contribution in [0.15, 0.2) is 10.5 Å². The molecular formula is C20H31O10P. The Morgan fingerprint density at radius 1 is 0.871 bits per heavy atom. The van der Waals surface area contributed by atoms with Crippen LogP contribution in [0.1, 0.15) is 56.5 Å². The van der Waals surface area contributed by atoms with Crippen LogP contribution < -0.4 is 0 Å². The van der Waals surface area contributed by atoms with Gasteiger partial charge in [0.15, 0.2) is 5.92 Å². The van der Waals surface area contributed by atoms with Crippen LogP contribution in [0.5, 0.6) is 0 Å². The molecule has 0 amide bonds. The second-order valence-corrected chi connectivity index (χ2v) is 8.21. The van der Waals surface area contributed by atoms with Gasteiger partial charge >= 0.3 is 25.5 Å². The number of carbonyl (C=O) groups excluding carboxylic acids is 3. The van der Waals surface area contributed by atoms with E-state index in [1.807, 2.05) is 0 Å². The van der Waals surface area contributed by atoms with Crippen molar-refractivity contribution in [2.45, 2.75) is 47.2 Å². The summed E-state index contributed by atoms with van der Waals surface area (Å²) < 4.78 is 43.9. The summed E-state index contributed by atoms with van der Waals surface area (Å²) in [6.07, 6.45) is -0.451. The average Bonchev–Trinajstić information content (AvgIpc) is 3.08. The van der Waals surface area contributed by atoms with E-state index in [1.54, 1.807) is 34.6 Å². The van der Waals surface area contributed by atoms with E-state index in [1.165, 1.54) is 6.07 Å². The number of hydrogen-bond acceptors (Lipinski definition) is 10. The monoisotopic (exact) mass is 462 g/mol. The highest BCUT2D eigenvalue weighted by atomic mass is 31.2. The van der Waals surface area contributed by atoms with Gasteiger partial charge in [-0.15, -0.1) is 0 Å². The first-order valence-electron chi connectivity index (χ1n) is 10.2. The minimum Gasteiger partial charge on any atom is -0.465 e. The van der Waals surface area contributed by atoms with Crippen LogP contribution in [0.4, 0.5) is 0 Å². The Morgan fingerprint density at radius 2 is 1.39 bits per heavy atom. The van der Waals surface area contributed by atoms with Crippen LogP contribution >= 0.6 is 7.60 Å². The van der Waals surface area contributed by atoms with Crippen molar-refractivity contribution in [2.24, 2.45) is 5.92 Å². The minimum absolute atomic E-state index is 0.0714. The molecule has 0 unspecified atom stereocenters. The van der Waals surface area contributed by atoms with Crippen LogP contribution in [0.2, 0.25) is 0 Å². The molecule has 10 nitrogen and oxygen atoms in total. The fourth-order valence-electron chi connectivity index (χ4n) is 2.77. The van der Waals surface area contributed by atoms with Gasteiger partial charge in [-0.25, -0.2) is 4.79 Å². The van der Waals surface area contributed by atoms with Gasteiger partial charge in [-0.05, 0) is 40.7 Å². The standard InChI is InChI=1S/C20H31O10P/c1-6-25-18(21)16(19(22)26-7-2)12-14-11-15(30-17(14)20(23)27-8-3)13-31(24,28-9-4)29-10-5/h11,16H,6-10,12-13H2,1-5H3. The Hall–Kier alpha value is -2.16. The van der Waals surface area contributed by atoms with Gasteiger partial charge in [0.1, 0.15) is 11.9 Å². The third-order valence-electron chi connectivity index (χ3n) is 3.89. The van der Waals surface area contributed by atoms with Crippen molar-refractivity contribution in [1.82, 2.24) is 0 Å². The molecule has 1 heterocycles. The maximum atomic E-state index is 12.8. The quantitative estimate of drug-likeness (QED) is 0.175. The number of esters is 3. The zero-order chi connectivity index (χ0) is 23.4. The Bertz CT molecular complexity index is 757. The Balaban J connectivity index is 3.31. The highest BCUT2D eigenvalue weighted by Crippen LogP contribution is 2.51. The number of furan rings is 1. The summed E-state index contributed by atoms with van der Waals surface area (Å²) in [5, 5.41) is 0. The summed E-state index contributed by atoms with van der Waals surface area (Å²) in [5.74, 6) is -3.72. The first-order chi connectivity index (χ1) is 14.7. The van der Waals surface area contributed by atoms with Crippen LogP contribution in [0.25, 0.3) is 0 Å². The molecule has 0 fully saturated rings. The van der Waals surface area contributed by atoms with Crippen LogP contribution in [0, 0.1) is 5.92 Å². The third-order valence-corrected chi connectivity index (χ3v) is 5.89. The second-order valence-electron chi connectivity index (χ2n) is 6.15. The number of rotatable bonds is 14. The van der Waals surface area contributed by atoms with Gasteiger partial charge in [-0.2, -0.15) is 0 Å². The van der Waals surface area contributed by atoms with E-state index in [-0.39, 0.29) is 62.7 Å². The van der Waals surface area contributed by atoms with Gasteiger partial charge in [0.2, 0.25) is 5.76 Å². The van der Waals surface area contributed by atoms with E-state index < -0.39 is 31.4 Å². The third kappa shape index (κ3) is 8.12. The summed E-state index contributed by atoms with van der Waals surface area (Å²) in [4.78, 5) is 37.0. The molecule has 0 bridgehead atoms. The fraction of sp³-hybridized carbons (Fsp3) is 0.650. The summed E-state index contributed by atoms with van der Waals surface area (Å²) >= 11 is 0. The molecule has 176 valence electrons. The van der Waals surface area contributed by atoms with Crippen molar-refractivity contribution in [2.75, 3.05) is 33.0 Å². The Kier molecular flexibility index (Phi) is 11.5. The predicted octanol–water partition coefficient (Wildman–Crippen LogP) is 3.51. The molecule has 1 rings (SSSR count). The first-order valence-corrected chi connectivity index (χ1v) is 12.0. The molecule has 1 aromatic rings. The van der Waals surface area contributed by atoms with Crippen molar-refractivity contribution in [3.05, 3.63) is 23.2 Å². The molecule has 1 aromatic heterocycles. The number of ether oxygens (including phenoxy) is 3. The van der Waals surface area contributed by atoms with Gasteiger partial charge in [-0.3, -0.25) is 14.2 Å². The summed E-state index contributed by atoms with van der Waals surface area (Å²) in [5.41, 5.74) is 0.221. The summed E-state index contributed by atoms with van der Waals surface area (Å²) in [6.45, 7) is 8.73. The molecular weight excluding hydrogens is 431 g/mol. The van der Waals surface area contributed by atoms with Crippen molar-refractivity contribution in [1.29, 1.82) is 0 Å². The first kappa shape index (κ1) is 26.9. The number of hydrogen-bond donors (Lipinski definition) is 0. The normalized spacial score (nSPS) is 11.4. The van der Waals surface area contributed by atoms with Crippen LogP contribution in [0.3, 0.4) is 0 Å².